The minimum atomic E-state index is -1.08. The van der Waals surface area contributed by atoms with Crippen LogP contribution >= 0.6 is 27.5 Å². The maximum Gasteiger partial charge on any atom is 0.339 e. The summed E-state index contributed by atoms with van der Waals surface area (Å²) in [5, 5.41) is 9.24. The van der Waals surface area contributed by atoms with E-state index < -0.39 is 5.97 Å². The van der Waals surface area contributed by atoms with E-state index in [1.807, 2.05) is 0 Å². The molecule has 0 radical (unpaired) electrons. The molecule has 1 aromatic carbocycles. The zero-order chi connectivity index (χ0) is 11.4. The van der Waals surface area contributed by atoms with Crippen LogP contribution in [0.1, 0.15) is 10.4 Å². The van der Waals surface area contributed by atoms with Gasteiger partial charge in [0.2, 0.25) is 0 Å². The predicted octanol–water partition coefficient (Wildman–Crippen LogP) is 3.33. The van der Waals surface area contributed by atoms with Crippen LogP contribution in [0.25, 0.3) is 0 Å². The molecular weight excluding hydrogens is 283 g/mol. The minimum Gasteiger partial charge on any atom is -0.487 e. The number of rotatable bonds is 4. The fourth-order valence-electron chi connectivity index (χ4n) is 0.951. The monoisotopic (exact) mass is 290 g/mol. The van der Waals surface area contributed by atoms with Crippen molar-refractivity contribution < 1.29 is 14.6 Å². The summed E-state index contributed by atoms with van der Waals surface area (Å²) in [6.45, 7) is 3.79. The molecule has 0 spiro atoms. The molecule has 1 rings (SSSR count). The van der Waals surface area contributed by atoms with Gasteiger partial charge in [-0.3, -0.25) is 0 Å². The Morgan fingerprint density at radius 2 is 2.27 bits per heavy atom. The average Bonchev–Trinajstić information content (AvgIpc) is 2.15. The van der Waals surface area contributed by atoms with E-state index >= 15 is 0 Å². The summed E-state index contributed by atoms with van der Waals surface area (Å²) in [4.78, 5) is 10.8. The van der Waals surface area contributed by atoms with E-state index in [2.05, 4.69) is 22.5 Å². The van der Waals surface area contributed by atoms with Crippen molar-refractivity contribution in [3.63, 3.8) is 0 Å². The Morgan fingerprint density at radius 3 is 2.80 bits per heavy atom. The van der Waals surface area contributed by atoms with Gasteiger partial charge < -0.3 is 9.84 Å². The van der Waals surface area contributed by atoms with E-state index in [1.165, 1.54) is 12.1 Å². The molecular formula is C10H8BrClO3. The van der Waals surface area contributed by atoms with Gasteiger partial charge in [0.15, 0.2) is 0 Å². The third-order valence-corrected chi connectivity index (χ3v) is 2.02. The van der Waals surface area contributed by atoms with Crippen molar-refractivity contribution >= 4 is 33.5 Å². The lowest BCUT2D eigenvalue weighted by Gasteiger charge is -2.08. The normalized spacial score (nSPS) is 9.73. The molecule has 0 saturated heterocycles. The molecule has 1 aromatic rings. The van der Waals surface area contributed by atoms with Crippen molar-refractivity contribution in [2.75, 3.05) is 6.61 Å². The highest BCUT2D eigenvalue weighted by atomic mass is 79.9. The van der Waals surface area contributed by atoms with Crippen LogP contribution < -0.4 is 4.74 Å². The van der Waals surface area contributed by atoms with Crippen molar-refractivity contribution in [2.45, 2.75) is 0 Å². The molecule has 0 saturated carbocycles. The Labute approximate surface area is 100 Å². The topological polar surface area (TPSA) is 46.5 Å². The minimum absolute atomic E-state index is 0.0382. The van der Waals surface area contributed by atoms with Gasteiger partial charge in [0.1, 0.15) is 17.9 Å². The molecule has 0 unspecified atom stereocenters. The first-order valence-corrected chi connectivity index (χ1v) is 5.16. The molecule has 0 bridgehead atoms. The van der Waals surface area contributed by atoms with Gasteiger partial charge in [0.25, 0.3) is 0 Å². The third kappa shape index (κ3) is 3.57. The molecule has 0 aliphatic heterocycles. The maximum atomic E-state index is 10.8. The molecule has 0 aliphatic carbocycles. The van der Waals surface area contributed by atoms with Gasteiger partial charge in [-0.1, -0.05) is 34.1 Å². The Hall–Kier alpha value is -1.00. The lowest BCUT2D eigenvalue weighted by atomic mass is 10.2. The number of carbonyl (C=O) groups is 1. The van der Waals surface area contributed by atoms with E-state index in [-0.39, 0.29) is 17.9 Å². The molecule has 0 amide bonds. The number of carboxylic acid groups (broad SMARTS) is 1. The van der Waals surface area contributed by atoms with Crippen molar-refractivity contribution in [2.24, 2.45) is 0 Å². The molecule has 0 fully saturated rings. The van der Waals surface area contributed by atoms with Gasteiger partial charge >= 0.3 is 5.97 Å². The number of hydrogen-bond donors (Lipinski definition) is 1. The van der Waals surface area contributed by atoms with Crippen molar-refractivity contribution in [1.82, 2.24) is 0 Å². The first-order chi connectivity index (χ1) is 7.00. The lowest BCUT2D eigenvalue weighted by molar-refractivity contribution is 0.0693. The Bertz CT molecular complexity index is 404. The van der Waals surface area contributed by atoms with Crippen LogP contribution in [0.4, 0.5) is 0 Å². The van der Waals surface area contributed by atoms with Gasteiger partial charge in [-0.25, -0.2) is 4.79 Å². The standard InChI is InChI=1S/C10H8BrClO3/c1-6(11)5-15-9-3-2-7(12)4-8(9)10(13)14/h2-4H,1,5H2,(H,13,14). The van der Waals surface area contributed by atoms with Crippen LogP contribution in [-0.2, 0) is 0 Å². The van der Waals surface area contributed by atoms with E-state index in [1.54, 1.807) is 6.07 Å². The highest BCUT2D eigenvalue weighted by molar-refractivity contribution is 9.11. The van der Waals surface area contributed by atoms with Crippen molar-refractivity contribution in [3.8, 4) is 5.75 Å². The second kappa shape index (κ2) is 5.19. The molecule has 0 heterocycles. The van der Waals surface area contributed by atoms with Crippen LogP contribution in [0.5, 0.6) is 5.75 Å². The zero-order valence-corrected chi connectivity index (χ0v) is 10.0. The van der Waals surface area contributed by atoms with Gasteiger partial charge in [-0.15, -0.1) is 0 Å². The summed E-state index contributed by atoms with van der Waals surface area (Å²) < 4.78 is 5.86. The number of aromatic carboxylic acids is 1. The molecule has 5 heteroatoms. The highest BCUT2D eigenvalue weighted by Gasteiger charge is 2.11. The van der Waals surface area contributed by atoms with Gasteiger partial charge in [-0.2, -0.15) is 0 Å². The zero-order valence-electron chi connectivity index (χ0n) is 7.67. The second-order valence-electron chi connectivity index (χ2n) is 2.75. The van der Waals surface area contributed by atoms with Gasteiger partial charge in [-0.05, 0) is 18.2 Å². The maximum absolute atomic E-state index is 10.8. The third-order valence-electron chi connectivity index (χ3n) is 1.56. The number of benzene rings is 1. The van der Waals surface area contributed by atoms with Crippen LogP contribution in [0.15, 0.2) is 29.3 Å². The first-order valence-electron chi connectivity index (χ1n) is 3.99. The smallest absolute Gasteiger partial charge is 0.339 e. The predicted molar refractivity (Wildman–Crippen MR) is 62.0 cm³/mol. The SMILES string of the molecule is C=C(Br)COc1ccc(Cl)cc1C(=O)O. The summed E-state index contributed by atoms with van der Waals surface area (Å²) in [6, 6.07) is 4.43. The largest absolute Gasteiger partial charge is 0.487 e. The summed E-state index contributed by atoms with van der Waals surface area (Å²) in [7, 11) is 0. The molecule has 3 nitrogen and oxygen atoms in total. The lowest BCUT2D eigenvalue weighted by Crippen LogP contribution is -2.04. The Kier molecular flexibility index (Phi) is 4.17. The average molecular weight is 292 g/mol. The molecule has 0 atom stereocenters. The fourth-order valence-corrected chi connectivity index (χ4v) is 1.24. The summed E-state index contributed by atoms with van der Waals surface area (Å²) in [5.41, 5.74) is 0.0382. The second-order valence-corrected chi connectivity index (χ2v) is 4.31. The highest BCUT2D eigenvalue weighted by Crippen LogP contribution is 2.23. The number of halogens is 2. The summed E-state index contributed by atoms with van der Waals surface area (Å²) in [6.07, 6.45) is 0. The number of carboxylic acids is 1. The van der Waals surface area contributed by atoms with E-state index in [4.69, 9.17) is 21.4 Å². The van der Waals surface area contributed by atoms with Gasteiger partial charge in [0.05, 0.1) is 0 Å². The Balaban J connectivity index is 2.95. The fraction of sp³-hybridized carbons (Fsp3) is 0.100. The van der Waals surface area contributed by atoms with Gasteiger partial charge in [0, 0.05) is 9.51 Å². The summed E-state index contributed by atoms with van der Waals surface area (Å²) >= 11 is 8.79. The molecule has 0 aliphatic rings. The van der Waals surface area contributed by atoms with E-state index in [9.17, 15) is 4.79 Å². The van der Waals surface area contributed by atoms with Crippen LogP contribution in [-0.4, -0.2) is 17.7 Å². The number of hydrogen-bond acceptors (Lipinski definition) is 2. The molecule has 0 aromatic heterocycles. The van der Waals surface area contributed by atoms with E-state index in [0.29, 0.717) is 9.51 Å². The van der Waals surface area contributed by atoms with Crippen molar-refractivity contribution in [3.05, 3.63) is 39.8 Å². The van der Waals surface area contributed by atoms with Crippen molar-refractivity contribution in [1.29, 1.82) is 0 Å². The van der Waals surface area contributed by atoms with E-state index in [0.717, 1.165) is 0 Å². The quantitative estimate of drug-likeness (QED) is 0.925. The molecule has 15 heavy (non-hydrogen) atoms. The van der Waals surface area contributed by atoms with Crippen LogP contribution in [0, 0.1) is 0 Å². The Morgan fingerprint density at radius 1 is 1.60 bits per heavy atom. The molecule has 1 N–H and O–H groups in total. The first kappa shape index (κ1) is 12.1. The molecule has 80 valence electrons. The number of ether oxygens (including phenoxy) is 1. The summed E-state index contributed by atoms with van der Waals surface area (Å²) in [5.74, 6) is -0.805. The van der Waals surface area contributed by atoms with Crippen LogP contribution in [0.2, 0.25) is 5.02 Å². The van der Waals surface area contributed by atoms with Crippen LogP contribution in [0.3, 0.4) is 0 Å².